The lowest BCUT2D eigenvalue weighted by Gasteiger charge is -2.13. The first kappa shape index (κ1) is 25.5. The minimum Gasteiger partial charge on any atom is -0.385 e. The lowest BCUT2D eigenvalue weighted by atomic mass is 9.98. The van der Waals surface area contributed by atoms with Gasteiger partial charge in [0.25, 0.3) is 10.0 Å². The third-order valence-corrected chi connectivity index (χ3v) is 7.70. The van der Waals surface area contributed by atoms with Crippen molar-refractivity contribution in [1.82, 2.24) is 4.72 Å². The van der Waals surface area contributed by atoms with Crippen LogP contribution in [0.5, 0.6) is 0 Å². The fourth-order valence-electron chi connectivity index (χ4n) is 3.30. The van der Waals surface area contributed by atoms with Crippen LogP contribution in [0.3, 0.4) is 0 Å². The number of amidine groups is 1. The number of sulfonamides is 1. The lowest BCUT2D eigenvalue weighted by molar-refractivity contribution is 0.0963. The van der Waals surface area contributed by atoms with Gasteiger partial charge in [0.05, 0.1) is 20.6 Å². The number of aliphatic hydroxyl groups excluding tert-OH is 1. The molecule has 1 aliphatic heterocycles. The second kappa shape index (κ2) is 9.82. The van der Waals surface area contributed by atoms with Crippen LogP contribution in [0.2, 0.25) is 4.34 Å². The lowest BCUT2D eigenvalue weighted by Crippen LogP contribution is -2.37. The number of para-hydroxylation sites is 2. The van der Waals surface area contributed by atoms with Gasteiger partial charge in [0.2, 0.25) is 11.6 Å². The number of benzene rings is 2. The number of rotatable bonds is 7. The molecular formula is C23H18ClFN4O5S2. The predicted molar refractivity (Wildman–Crippen MR) is 135 cm³/mol. The molecule has 1 atom stereocenters. The molecular weight excluding hydrogens is 531 g/mol. The number of nitrogens with one attached hydrogen (secondary N) is 4. The molecule has 1 aromatic heterocycles. The van der Waals surface area contributed by atoms with Crippen molar-refractivity contribution in [2.45, 2.75) is 17.9 Å². The summed E-state index contributed by atoms with van der Waals surface area (Å²) in [5.41, 5.74) is 0.582. The minimum atomic E-state index is -4.66. The first-order chi connectivity index (χ1) is 17.0. The molecule has 2 heterocycles. The van der Waals surface area contributed by atoms with Crippen molar-refractivity contribution < 1.29 is 27.5 Å². The van der Waals surface area contributed by atoms with Gasteiger partial charge in [-0.3, -0.25) is 19.7 Å². The molecule has 0 saturated carbocycles. The van der Waals surface area contributed by atoms with E-state index in [1.165, 1.54) is 12.1 Å². The summed E-state index contributed by atoms with van der Waals surface area (Å²) in [6.07, 6.45) is -1.46. The summed E-state index contributed by atoms with van der Waals surface area (Å²) in [5.74, 6) is -3.46. The second-order valence-corrected chi connectivity index (χ2v) is 11.0. The molecule has 3 aromatic rings. The largest absolute Gasteiger partial charge is 0.385 e. The van der Waals surface area contributed by atoms with Crippen LogP contribution in [-0.2, 0) is 10.0 Å². The second-order valence-electron chi connectivity index (χ2n) is 7.65. The summed E-state index contributed by atoms with van der Waals surface area (Å²) in [7, 11) is -4.66. The molecule has 9 nitrogen and oxygen atoms in total. The Kier molecular flexibility index (Phi) is 6.96. The van der Waals surface area contributed by atoms with E-state index in [4.69, 9.17) is 17.0 Å². The normalized spacial score (nSPS) is 13.3. The zero-order chi connectivity index (χ0) is 26.2. The van der Waals surface area contributed by atoms with E-state index >= 15 is 0 Å². The van der Waals surface area contributed by atoms with Crippen LogP contribution in [0.4, 0.5) is 15.8 Å². The van der Waals surface area contributed by atoms with Crippen molar-refractivity contribution in [2.24, 2.45) is 0 Å². The number of aliphatic hydroxyl groups is 1. The predicted octanol–water partition coefficient (Wildman–Crippen LogP) is 3.99. The average Bonchev–Trinajstić information content (AvgIpc) is 3.45. The highest BCUT2D eigenvalue weighted by Crippen LogP contribution is 2.34. The van der Waals surface area contributed by atoms with Crippen molar-refractivity contribution in [2.75, 3.05) is 10.6 Å². The quantitative estimate of drug-likeness (QED) is 0.0748. The number of ketones is 2. The summed E-state index contributed by atoms with van der Waals surface area (Å²) in [4.78, 5) is 26.3. The fourth-order valence-corrected chi connectivity index (χ4v) is 5.46. The van der Waals surface area contributed by atoms with Crippen LogP contribution in [0.1, 0.15) is 27.0 Å². The van der Waals surface area contributed by atoms with Gasteiger partial charge in [-0.25, -0.2) is 12.8 Å². The maximum atomic E-state index is 14.5. The Morgan fingerprint density at radius 2 is 1.72 bits per heavy atom. The topological polar surface area (TPSA) is 148 Å². The van der Waals surface area contributed by atoms with Crippen molar-refractivity contribution >= 4 is 61.7 Å². The monoisotopic (exact) mass is 548 g/mol. The van der Waals surface area contributed by atoms with E-state index < -0.39 is 44.2 Å². The zero-order valence-electron chi connectivity index (χ0n) is 18.4. The Morgan fingerprint density at radius 1 is 1.08 bits per heavy atom. The van der Waals surface area contributed by atoms with E-state index in [-0.39, 0.29) is 21.8 Å². The number of carbonyl (C=O) groups is 2. The van der Waals surface area contributed by atoms with Gasteiger partial charge >= 0.3 is 0 Å². The van der Waals surface area contributed by atoms with Crippen molar-refractivity contribution in [3.8, 4) is 0 Å². The number of hydrogen-bond acceptors (Lipinski definition) is 9. The maximum Gasteiger partial charge on any atom is 0.265 e. The molecule has 0 radical (unpaired) electrons. The number of halogens is 2. The fraction of sp³-hybridized carbons (Fsp3) is 0.0870. The van der Waals surface area contributed by atoms with Crippen molar-refractivity contribution in [3.05, 3.63) is 86.6 Å². The number of anilines is 2. The molecule has 0 amide bonds. The Bertz CT molecular complexity index is 1520. The number of carbonyl (C=O) groups excluding carboxylic acids is 2. The highest BCUT2D eigenvalue weighted by atomic mass is 35.5. The summed E-state index contributed by atoms with van der Waals surface area (Å²) < 4.78 is 41.9. The Labute approximate surface area is 214 Å². The standard InChI is InChI=1S/C23H18ClFN4O5S2/c1-11(30)22(26)29-36(33,34)17-10-12(6-7-13(17)25)20(31)19(21(32)16-8-9-18(24)35-16)23-27-14-4-2-3-5-15(14)28-23/h2-11,27-28,30H,1H3,(H2,26,29)/t11-/m1/s1. The molecule has 13 heteroatoms. The number of fused-ring (bicyclic) bond motifs is 1. The number of thiophene rings is 1. The third kappa shape index (κ3) is 5.02. The van der Waals surface area contributed by atoms with E-state index in [1.807, 2.05) is 0 Å². The van der Waals surface area contributed by atoms with Gasteiger partial charge in [-0.2, -0.15) is 0 Å². The molecule has 0 bridgehead atoms. The van der Waals surface area contributed by atoms with Gasteiger partial charge in [-0.05, 0) is 49.4 Å². The summed E-state index contributed by atoms with van der Waals surface area (Å²) in [5, 5.41) is 22.9. The van der Waals surface area contributed by atoms with Gasteiger partial charge in [-0.1, -0.05) is 23.7 Å². The molecule has 4 rings (SSSR count). The third-order valence-electron chi connectivity index (χ3n) is 5.09. The summed E-state index contributed by atoms with van der Waals surface area (Å²) in [6, 6.07) is 12.5. The van der Waals surface area contributed by atoms with Gasteiger partial charge < -0.3 is 15.7 Å². The van der Waals surface area contributed by atoms with Crippen LogP contribution in [0.15, 0.2) is 70.9 Å². The van der Waals surface area contributed by atoms with Crippen molar-refractivity contribution in [1.29, 1.82) is 5.41 Å². The molecule has 0 unspecified atom stereocenters. The van der Waals surface area contributed by atoms with Crippen LogP contribution < -0.4 is 15.4 Å². The highest BCUT2D eigenvalue weighted by Gasteiger charge is 2.31. The Morgan fingerprint density at radius 3 is 2.28 bits per heavy atom. The van der Waals surface area contributed by atoms with Crippen LogP contribution in [0, 0.1) is 11.2 Å². The highest BCUT2D eigenvalue weighted by molar-refractivity contribution is 7.90. The maximum absolute atomic E-state index is 14.5. The number of hydrogen-bond donors (Lipinski definition) is 5. The smallest absolute Gasteiger partial charge is 0.265 e. The average molecular weight is 549 g/mol. The minimum absolute atomic E-state index is 0.0680. The first-order valence-electron chi connectivity index (χ1n) is 10.3. The molecule has 1 aliphatic rings. The molecule has 186 valence electrons. The Balaban J connectivity index is 1.80. The van der Waals surface area contributed by atoms with E-state index in [0.717, 1.165) is 36.5 Å². The summed E-state index contributed by atoms with van der Waals surface area (Å²) >= 11 is 6.93. The van der Waals surface area contributed by atoms with Gasteiger partial charge in [0.1, 0.15) is 34.0 Å². The molecule has 0 saturated heterocycles. The van der Waals surface area contributed by atoms with Gasteiger partial charge in [0, 0.05) is 5.56 Å². The van der Waals surface area contributed by atoms with Crippen LogP contribution >= 0.6 is 22.9 Å². The van der Waals surface area contributed by atoms with Crippen LogP contribution in [0.25, 0.3) is 0 Å². The molecule has 36 heavy (non-hydrogen) atoms. The molecule has 0 spiro atoms. The summed E-state index contributed by atoms with van der Waals surface area (Å²) in [6.45, 7) is 1.15. The SMILES string of the molecule is C[C@@H](O)C(=N)NS(=O)(=O)c1cc(C(=O)C(C(=O)c2ccc(Cl)s2)=C2Nc3ccccc3N2)ccc1F. The molecule has 2 aromatic carbocycles. The molecule has 5 N–H and O–H groups in total. The first-order valence-corrected chi connectivity index (χ1v) is 13.0. The van der Waals surface area contributed by atoms with Gasteiger partial charge in [-0.15, -0.1) is 11.3 Å². The van der Waals surface area contributed by atoms with Crippen LogP contribution in [-0.4, -0.2) is 37.0 Å². The van der Waals surface area contributed by atoms with E-state index in [2.05, 4.69) is 10.6 Å². The molecule has 0 aliphatic carbocycles. The molecule has 0 fully saturated rings. The zero-order valence-corrected chi connectivity index (χ0v) is 20.8. The Hall–Kier alpha value is -3.58. The van der Waals surface area contributed by atoms with Gasteiger partial charge in [0.15, 0.2) is 0 Å². The van der Waals surface area contributed by atoms with E-state index in [1.54, 1.807) is 29.0 Å². The van der Waals surface area contributed by atoms with E-state index in [9.17, 15) is 27.5 Å². The number of Topliss-reactive ketones (excluding diaryl/α,β-unsaturated/α-hetero) is 2. The van der Waals surface area contributed by atoms with E-state index in [0.29, 0.717) is 15.7 Å². The van der Waals surface area contributed by atoms with Crippen molar-refractivity contribution in [3.63, 3.8) is 0 Å². The number of allylic oxidation sites excluding steroid dienone is 1.